The molecule has 2 aromatic rings. The summed E-state index contributed by atoms with van der Waals surface area (Å²) in [5.41, 5.74) is -1.57. The zero-order chi connectivity index (χ0) is 14.2. The normalized spacial score (nSPS) is 11.6. The average molecular weight is 308 g/mol. The molecule has 19 heavy (non-hydrogen) atoms. The van der Waals surface area contributed by atoms with Crippen LogP contribution in [0.15, 0.2) is 35.3 Å². The van der Waals surface area contributed by atoms with Crippen LogP contribution in [-0.4, -0.2) is 4.98 Å². The Bertz CT molecular complexity index is 679. The number of aromatic amines is 1. The number of halogens is 5. The highest BCUT2D eigenvalue weighted by Gasteiger charge is 2.31. The van der Waals surface area contributed by atoms with Gasteiger partial charge in [-0.2, -0.15) is 13.2 Å². The van der Waals surface area contributed by atoms with Crippen LogP contribution in [0.5, 0.6) is 0 Å². The van der Waals surface area contributed by atoms with E-state index in [0.29, 0.717) is 11.2 Å². The number of hydrogen-bond acceptors (Lipinski definition) is 1. The smallest absolute Gasteiger partial charge is 0.328 e. The van der Waals surface area contributed by atoms with Crippen molar-refractivity contribution in [2.45, 2.75) is 6.18 Å². The van der Waals surface area contributed by atoms with Crippen molar-refractivity contribution >= 4 is 23.2 Å². The minimum Gasteiger partial charge on any atom is -0.328 e. The first-order valence-electron chi connectivity index (χ1n) is 5.04. The fourth-order valence-corrected chi connectivity index (χ4v) is 2.07. The fraction of sp³-hybridized carbons (Fsp3) is 0.0833. The molecule has 7 heteroatoms. The molecule has 0 unspecified atom stereocenters. The third-order valence-corrected chi connectivity index (χ3v) is 3.00. The van der Waals surface area contributed by atoms with Crippen LogP contribution in [0, 0.1) is 0 Å². The summed E-state index contributed by atoms with van der Waals surface area (Å²) in [4.78, 5) is 13.7. The Labute approximate surface area is 115 Å². The van der Waals surface area contributed by atoms with Gasteiger partial charge in [0.05, 0.1) is 10.6 Å². The second-order valence-electron chi connectivity index (χ2n) is 3.75. The first-order chi connectivity index (χ1) is 8.79. The second-order valence-corrected chi connectivity index (χ2v) is 4.60. The van der Waals surface area contributed by atoms with Crippen LogP contribution in [0.1, 0.15) is 5.56 Å². The van der Waals surface area contributed by atoms with E-state index in [9.17, 15) is 18.0 Å². The summed E-state index contributed by atoms with van der Waals surface area (Å²) >= 11 is 11.6. The second kappa shape index (κ2) is 4.90. The maximum absolute atomic E-state index is 12.6. The summed E-state index contributed by atoms with van der Waals surface area (Å²) in [6, 6.07) is 4.96. The summed E-state index contributed by atoms with van der Waals surface area (Å²) in [6.07, 6.45) is -3.92. The number of alkyl halides is 3. The molecule has 0 aliphatic rings. The number of pyridine rings is 1. The van der Waals surface area contributed by atoms with E-state index < -0.39 is 17.3 Å². The lowest BCUT2D eigenvalue weighted by Gasteiger charge is -2.09. The summed E-state index contributed by atoms with van der Waals surface area (Å²) in [5.74, 6) is 0. The maximum atomic E-state index is 12.6. The topological polar surface area (TPSA) is 32.9 Å². The molecule has 0 aliphatic carbocycles. The largest absolute Gasteiger partial charge is 0.417 e. The number of benzene rings is 1. The molecular formula is C12H6Cl2F3NO. The standard InChI is InChI=1S/C12H6Cl2F3NO/c13-7-1-2-8(10(14)4-7)9-3-6(12(15,16)17)5-18-11(9)19/h1-5H,(H,18,19). The van der Waals surface area contributed by atoms with Gasteiger partial charge in [0.25, 0.3) is 5.56 Å². The van der Waals surface area contributed by atoms with Crippen molar-refractivity contribution in [3.63, 3.8) is 0 Å². The molecule has 2 rings (SSSR count). The Morgan fingerprint density at radius 1 is 1.05 bits per heavy atom. The molecule has 0 amide bonds. The van der Waals surface area contributed by atoms with Crippen molar-refractivity contribution in [2.75, 3.05) is 0 Å². The summed E-state index contributed by atoms with van der Waals surface area (Å²) in [5, 5.41) is 0.439. The van der Waals surface area contributed by atoms with Gasteiger partial charge < -0.3 is 4.98 Å². The van der Waals surface area contributed by atoms with Crippen molar-refractivity contribution in [1.82, 2.24) is 4.98 Å². The maximum Gasteiger partial charge on any atom is 0.417 e. The van der Waals surface area contributed by atoms with Gasteiger partial charge in [-0.15, -0.1) is 0 Å². The van der Waals surface area contributed by atoms with Crippen molar-refractivity contribution < 1.29 is 13.2 Å². The van der Waals surface area contributed by atoms with Crippen LogP contribution in [0.3, 0.4) is 0 Å². The Balaban J connectivity index is 2.65. The SMILES string of the molecule is O=c1[nH]cc(C(F)(F)F)cc1-c1ccc(Cl)cc1Cl. The Morgan fingerprint density at radius 3 is 2.32 bits per heavy atom. The predicted molar refractivity (Wildman–Crippen MR) is 67.5 cm³/mol. The highest BCUT2D eigenvalue weighted by atomic mass is 35.5. The molecule has 1 heterocycles. The van der Waals surface area contributed by atoms with E-state index in [1.807, 2.05) is 4.98 Å². The van der Waals surface area contributed by atoms with E-state index >= 15 is 0 Å². The first kappa shape index (κ1) is 14.0. The number of aromatic nitrogens is 1. The average Bonchev–Trinajstić information content (AvgIpc) is 2.29. The summed E-state index contributed by atoms with van der Waals surface area (Å²) < 4.78 is 37.8. The van der Waals surface area contributed by atoms with Gasteiger partial charge in [0.1, 0.15) is 0 Å². The van der Waals surface area contributed by atoms with Crippen LogP contribution < -0.4 is 5.56 Å². The summed E-state index contributed by atoms with van der Waals surface area (Å²) in [6.45, 7) is 0. The van der Waals surface area contributed by atoms with Crippen LogP contribution >= 0.6 is 23.2 Å². The number of hydrogen-bond donors (Lipinski definition) is 1. The van der Waals surface area contributed by atoms with E-state index in [1.54, 1.807) is 0 Å². The third kappa shape index (κ3) is 2.93. The quantitative estimate of drug-likeness (QED) is 0.834. The highest BCUT2D eigenvalue weighted by Crippen LogP contribution is 2.33. The minimum absolute atomic E-state index is 0.109. The zero-order valence-electron chi connectivity index (χ0n) is 9.18. The third-order valence-electron chi connectivity index (χ3n) is 2.45. The molecule has 0 aliphatic heterocycles. The van der Waals surface area contributed by atoms with E-state index in [2.05, 4.69) is 0 Å². The minimum atomic E-state index is -4.54. The fourth-order valence-electron chi connectivity index (χ4n) is 1.56. The van der Waals surface area contributed by atoms with Gasteiger partial charge in [0.2, 0.25) is 0 Å². The van der Waals surface area contributed by atoms with Crippen LogP contribution in [-0.2, 0) is 6.18 Å². The molecule has 1 aromatic carbocycles. The highest BCUT2D eigenvalue weighted by molar-refractivity contribution is 6.36. The van der Waals surface area contributed by atoms with Crippen molar-refractivity contribution in [3.05, 3.63) is 56.4 Å². The van der Waals surface area contributed by atoms with E-state index in [-0.39, 0.29) is 16.1 Å². The van der Waals surface area contributed by atoms with Crippen molar-refractivity contribution in [3.8, 4) is 11.1 Å². The lowest BCUT2D eigenvalue weighted by Crippen LogP contribution is -2.14. The molecule has 0 atom stereocenters. The molecule has 1 N–H and O–H groups in total. The molecule has 0 bridgehead atoms. The van der Waals surface area contributed by atoms with Gasteiger partial charge in [-0.25, -0.2) is 0 Å². The van der Waals surface area contributed by atoms with E-state index in [1.165, 1.54) is 18.2 Å². The predicted octanol–water partition coefficient (Wildman–Crippen LogP) is 4.37. The molecule has 0 radical (unpaired) electrons. The van der Waals surface area contributed by atoms with Gasteiger partial charge in [-0.1, -0.05) is 29.3 Å². The monoisotopic (exact) mass is 307 g/mol. The van der Waals surface area contributed by atoms with Crippen molar-refractivity contribution in [1.29, 1.82) is 0 Å². The number of H-pyrrole nitrogens is 1. The molecular weight excluding hydrogens is 302 g/mol. The Hall–Kier alpha value is -1.46. The van der Waals surface area contributed by atoms with Crippen molar-refractivity contribution in [2.24, 2.45) is 0 Å². The molecule has 0 saturated carbocycles. The molecule has 2 nitrogen and oxygen atoms in total. The van der Waals surface area contributed by atoms with Crippen LogP contribution in [0.25, 0.3) is 11.1 Å². The molecule has 0 fully saturated rings. The van der Waals surface area contributed by atoms with Crippen LogP contribution in [0.4, 0.5) is 13.2 Å². The number of rotatable bonds is 1. The summed E-state index contributed by atoms with van der Waals surface area (Å²) in [7, 11) is 0. The Morgan fingerprint density at radius 2 is 1.74 bits per heavy atom. The van der Waals surface area contributed by atoms with Gasteiger partial charge in [-0.05, 0) is 18.2 Å². The lowest BCUT2D eigenvalue weighted by atomic mass is 10.1. The molecule has 1 aromatic heterocycles. The van der Waals surface area contributed by atoms with Gasteiger partial charge in [-0.3, -0.25) is 4.79 Å². The number of nitrogens with one attached hydrogen (secondary N) is 1. The Kier molecular flexibility index (Phi) is 3.60. The van der Waals surface area contributed by atoms with Crippen LogP contribution in [0.2, 0.25) is 10.0 Å². The molecule has 100 valence electrons. The zero-order valence-corrected chi connectivity index (χ0v) is 10.7. The molecule has 0 saturated heterocycles. The van der Waals surface area contributed by atoms with Gasteiger partial charge in [0, 0.05) is 22.3 Å². The van der Waals surface area contributed by atoms with E-state index in [4.69, 9.17) is 23.2 Å². The lowest BCUT2D eigenvalue weighted by molar-refractivity contribution is -0.137. The van der Waals surface area contributed by atoms with Gasteiger partial charge in [0.15, 0.2) is 0 Å². The van der Waals surface area contributed by atoms with Gasteiger partial charge >= 0.3 is 6.18 Å². The van der Waals surface area contributed by atoms with E-state index in [0.717, 1.165) is 6.07 Å². The molecule has 0 spiro atoms. The first-order valence-corrected chi connectivity index (χ1v) is 5.80.